The Labute approximate surface area is 140 Å². The molecule has 0 aliphatic rings. The molecule has 0 saturated carbocycles. The highest BCUT2D eigenvalue weighted by molar-refractivity contribution is 5.71. The second kappa shape index (κ2) is 9.10. The Morgan fingerprint density at radius 1 is 1.17 bits per heavy atom. The molecule has 0 saturated heterocycles. The molecule has 0 aliphatic carbocycles. The van der Waals surface area contributed by atoms with E-state index in [1.54, 1.807) is 0 Å². The van der Waals surface area contributed by atoms with Crippen LogP contribution in [0, 0.1) is 0 Å². The molecule has 0 amide bonds. The normalized spacial score (nSPS) is 13.2. The lowest BCUT2D eigenvalue weighted by atomic mass is 10.1. The van der Waals surface area contributed by atoms with E-state index in [2.05, 4.69) is 5.32 Å². The lowest BCUT2D eigenvalue weighted by Crippen LogP contribution is -2.26. The Morgan fingerprint density at radius 3 is 2.38 bits per heavy atom. The van der Waals surface area contributed by atoms with E-state index in [-0.39, 0.29) is 12.2 Å². The van der Waals surface area contributed by atoms with Crippen molar-refractivity contribution in [3.8, 4) is 0 Å². The summed E-state index contributed by atoms with van der Waals surface area (Å²) >= 11 is 0. The molecule has 1 unspecified atom stereocenters. The Morgan fingerprint density at radius 2 is 1.83 bits per heavy atom. The van der Waals surface area contributed by atoms with Gasteiger partial charge in [-0.1, -0.05) is 0 Å². The third-order valence-electron chi connectivity index (χ3n) is 3.57. The van der Waals surface area contributed by atoms with Gasteiger partial charge in [-0.15, -0.1) is 0 Å². The van der Waals surface area contributed by atoms with Crippen LogP contribution in [0.3, 0.4) is 0 Å². The van der Waals surface area contributed by atoms with E-state index >= 15 is 0 Å². The summed E-state index contributed by atoms with van der Waals surface area (Å²) in [6, 6.07) is 3.50. The van der Waals surface area contributed by atoms with Gasteiger partial charge in [0, 0.05) is 20.1 Å². The van der Waals surface area contributed by atoms with Crippen molar-refractivity contribution < 1.29 is 23.4 Å². The molecule has 1 aromatic rings. The molecule has 1 rings (SSSR count). The molecule has 5 nitrogen and oxygen atoms in total. The van der Waals surface area contributed by atoms with Gasteiger partial charge in [-0.05, 0) is 45.3 Å². The lowest BCUT2D eigenvalue weighted by Gasteiger charge is -2.25. The predicted molar refractivity (Wildman–Crippen MR) is 89.5 cm³/mol. The van der Waals surface area contributed by atoms with E-state index in [0.29, 0.717) is 12.2 Å². The van der Waals surface area contributed by atoms with Gasteiger partial charge >= 0.3 is 6.18 Å². The monoisotopic (exact) mass is 349 g/mol. The summed E-state index contributed by atoms with van der Waals surface area (Å²) in [5.74, 6) is 0. The van der Waals surface area contributed by atoms with Gasteiger partial charge in [0.25, 0.3) is 0 Å². The van der Waals surface area contributed by atoms with Crippen LogP contribution < -0.4 is 10.2 Å². The Balaban J connectivity index is 2.95. The first kappa shape index (κ1) is 20.5. The fourth-order valence-corrected chi connectivity index (χ4v) is 2.22. The number of hydrogen-bond acceptors (Lipinski definition) is 5. The second-order valence-electron chi connectivity index (χ2n) is 6.03. The number of nitrogens with zero attached hydrogens (tertiary/aromatic N) is 2. The maximum absolute atomic E-state index is 12.9. The SMILES string of the molecule is CN(C)CCCN(C)c1ccc(C(F)(F)F)cc1NCC(O)CO. The first-order valence-corrected chi connectivity index (χ1v) is 7.75. The molecule has 0 aromatic heterocycles. The minimum absolute atomic E-state index is 0.0314. The minimum atomic E-state index is -4.44. The van der Waals surface area contributed by atoms with Crippen LogP contribution in [0.25, 0.3) is 0 Å². The molecule has 0 spiro atoms. The second-order valence-corrected chi connectivity index (χ2v) is 6.03. The molecule has 24 heavy (non-hydrogen) atoms. The number of benzene rings is 1. The zero-order valence-electron chi connectivity index (χ0n) is 14.3. The molecular formula is C16H26F3N3O2. The Hall–Kier alpha value is -1.51. The summed E-state index contributed by atoms with van der Waals surface area (Å²) in [5.41, 5.74) is 0.144. The van der Waals surface area contributed by atoms with Crippen molar-refractivity contribution in [3.63, 3.8) is 0 Å². The van der Waals surface area contributed by atoms with Crippen LogP contribution in [0.5, 0.6) is 0 Å². The van der Waals surface area contributed by atoms with Crippen molar-refractivity contribution in [2.75, 3.05) is 57.6 Å². The molecule has 0 heterocycles. The smallest absolute Gasteiger partial charge is 0.394 e. The number of aliphatic hydroxyl groups excluding tert-OH is 2. The topological polar surface area (TPSA) is 59.0 Å². The summed E-state index contributed by atoms with van der Waals surface area (Å²) in [6.07, 6.45) is -4.61. The fourth-order valence-electron chi connectivity index (χ4n) is 2.22. The van der Waals surface area contributed by atoms with Crippen molar-refractivity contribution in [3.05, 3.63) is 23.8 Å². The van der Waals surface area contributed by atoms with Gasteiger partial charge in [0.05, 0.1) is 29.6 Å². The summed E-state index contributed by atoms with van der Waals surface area (Å²) in [6.45, 7) is 1.06. The standard InChI is InChI=1S/C16H26F3N3O2/c1-21(2)7-4-8-22(3)15-6-5-12(16(17,18)19)9-14(15)20-10-13(24)11-23/h5-6,9,13,20,23-24H,4,7-8,10-11H2,1-3H3. The lowest BCUT2D eigenvalue weighted by molar-refractivity contribution is -0.137. The van der Waals surface area contributed by atoms with Crippen LogP contribution in [0.4, 0.5) is 24.5 Å². The maximum atomic E-state index is 12.9. The third-order valence-corrected chi connectivity index (χ3v) is 3.57. The van der Waals surface area contributed by atoms with Crippen LogP contribution in [-0.2, 0) is 6.18 Å². The first-order valence-electron chi connectivity index (χ1n) is 7.75. The number of nitrogens with one attached hydrogen (secondary N) is 1. The number of aliphatic hydroxyl groups is 2. The molecule has 0 aliphatic heterocycles. The van der Waals surface area contributed by atoms with Crippen molar-refractivity contribution in [2.45, 2.75) is 18.7 Å². The summed E-state index contributed by atoms with van der Waals surface area (Å²) in [4.78, 5) is 3.91. The number of halogens is 3. The number of alkyl halides is 3. The minimum Gasteiger partial charge on any atom is -0.394 e. The third kappa shape index (κ3) is 6.54. The summed E-state index contributed by atoms with van der Waals surface area (Å²) in [7, 11) is 5.73. The van der Waals surface area contributed by atoms with Gasteiger partial charge in [0.2, 0.25) is 0 Å². The van der Waals surface area contributed by atoms with Crippen molar-refractivity contribution in [1.29, 1.82) is 0 Å². The van der Waals surface area contributed by atoms with Crippen LogP contribution >= 0.6 is 0 Å². The number of anilines is 2. The van der Waals surface area contributed by atoms with Gasteiger partial charge in [-0.2, -0.15) is 13.2 Å². The van der Waals surface area contributed by atoms with Gasteiger partial charge < -0.3 is 25.3 Å². The molecule has 3 N–H and O–H groups in total. The number of hydrogen-bond donors (Lipinski definition) is 3. The fraction of sp³-hybridized carbons (Fsp3) is 0.625. The molecular weight excluding hydrogens is 323 g/mol. The van der Waals surface area contributed by atoms with Crippen LogP contribution in [0.2, 0.25) is 0 Å². The quantitative estimate of drug-likeness (QED) is 0.635. The zero-order chi connectivity index (χ0) is 18.3. The molecule has 0 bridgehead atoms. The van der Waals surface area contributed by atoms with Gasteiger partial charge in [-0.3, -0.25) is 0 Å². The van der Waals surface area contributed by atoms with Gasteiger partial charge in [0.15, 0.2) is 0 Å². The number of rotatable bonds is 9. The highest BCUT2D eigenvalue weighted by atomic mass is 19.4. The average molecular weight is 349 g/mol. The van der Waals surface area contributed by atoms with Crippen LogP contribution in [-0.4, -0.2) is 68.6 Å². The molecule has 0 fully saturated rings. The van der Waals surface area contributed by atoms with E-state index in [1.165, 1.54) is 6.07 Å². The van der Waals surface area contributed by atoms with Gasteiger partial charge in [0.1, 0.15) is 0 Å². The molecule has 0 radical (unpaired) electrons. The van der Waals surface area contributed by atoms with Crippen molar-refractivity contribution in [1.82, 2.24) is 4.90 Å². The highest BCUT2D eigenvalue weighted by Crippen LogP contribution is 2.35. The molecule has 8 heteroatoms. The summed E-state index contributed by atoms with van der Waals surface area (Å²) < 4.78 is 38.8. The van der Waals surface area contributed by atoms with E-state index in [9.17, 15) is 18.3 Å². The molecule has 138 valence electrons. The Kier molecular flexibility index (Phi) is 7.78. The van der Waals surface area contributed by atoms with Crippen LogP contribution in [0.15, 0.2) is 18.2 Å². The van der Waals surface area contributed by atoms with E-state index < -0.39 is 24.5 Å². The Bertz CT molecular complexity index is 510. The van der Waals surface area contributed by atoms with E-state index in [0.717, 1.165) is 25.1 Å². The van der Waals surface area contributed by atoms with Crippen molar-refractivity contribution >= 4 is 11.4 Å². The predicted octanol–water partition coefficient (Wildman–Crippen LogP) is 1.86. The van der Waals surface area contributed by atoms with Gasteiger partial charge in [-0.25, -0.2) is 0 Å². The first-order chi connectivity index (χ1) is 11.1. The van der Waals surface area contributed by atoms with E-state index in [1.807, 2.05) is 30.9 Å². The van der Waals surface area contributed by atoms with E-state index in [4.69, 9.17) is 5.11 Å². The average Bonchev–Trinajstić information content (AvgIpc) is 2.50. The zero-order valence-corrected chi connectivity index (χ0v) is 14.3. The highest BCUT2D eigenvalue weighted by Gasteiger charge is 2.31. The largest absolute Gasteiger partial charge is 0.416 e. The molecule has 1 atom stereocenters. The summed E-state index contributed by atoms with van der Waals surface area (Å²) in [5, 5.41) is 21.1. The van der Waals surface area contributed by atoms with Crippen LogP contribution in [0.1, 0.15) is 12.0 Å². The van der Waals surface area contributed by atoms with Crippen molar-refractivity contribution in [2.24, 2.45) is 0 Å². The molecule has 1 aromatic carbocycles. The maximum Gasteiger partial charge on any atom is 0.416 e.